The van der Waals surface area contributed by atoms with Gasteiger partial charge in [0.2, 0.25) is 5.91 Å². The fourth-order valence-corrected chi connectivity index (χ4v) is 5.05. The van der Waals surface area contributed by atoms with Crippen molar-refractivity contribution < 1.29 is 14.4 Å². The van der Waals surface area contributed by atoms with Crippen molar-refractivity contribution in [2.45, 2.75) is 58.5 Å². The highest BCUT2D eigenvalue weighted by Crippen LogP contribution is 2.37. The van der Waals surface area contributed by atoms with E-state index in [1.54, 1.807) is 29.3 Å². The van der Waals surface area contributed by atoms with Crippen LogP contribution in [0.2, 0.25) is 10.0 Å². The van der Waals surface area contributed by atoms with Crippen LogP contribution in [0.25, 0.3) is 0 Å². The first-order valence-electron chi connectivity index (χ1n) is 10.8. The van der Waals surface area contributed by atoms with Crippen LogP contribution in [-0.4, -0.2) is 46.2 Å². The van der Waals surface area contributed by atoms with Gasteiger partial charge >= 0.3 is 0 Å². The van der Waals surface area contributed by atoms with E-state index in [0.29, 0.717) is 32.7 Å². The van der Waals surface area contributed by atoms with E-state index in [0.717, 1.165) is 12.8 Å². The highest BCUT2D eigenvalue weighted by atomic mass is 35.5. The Morgan fingerprint density at radius 1 is 1.24 bits per heavy atom. The van der Waals surface area contributed by atoms with Crippen molar-refractivity contribution in [2.75, 3.05) is 13.1 Å². The zero-order chi connectivity index (χ0) is 24.3. The third-order valence-electron chi connectivity index (χ3n) is 5.26. The fraction of sp³-hybridized carbons (Fsp3) is 0.478. The minimum absolute atomic E-state index is 0.127. The second kappa shape index (κ2) is 10.4. The number of thiazole rings is 1. The van der Waals surface area contributed by atoms with Crippen LogP contribution >= 0.6 is 34.5 Å². The van der Waals surface area contributed by atoms with Gasteiger partial charge in [0.05, 0.1) is 16.6 Å². The minimum atomic E-state index is -0.340. The van der Waals surface area contributed by atoms with Crippen LogP contribution in [0.5, 0.6) is 0 Å². The normalized spacial score (nSPS) is 16.1. The van der Waals surface area contributed by atoms with Gasteiger partial charge in [0.1, 0.15) is 10.7 Å². The summed E-state index contributed by atoms with van der Waals surface area (Å²) in [6.07, 6.45) is 1.79. The lowest BCUT2D eigenvalue weighted by atomic mass is 10.1. The van der Waals surface area contributed by atoms with Crippen LogP contribution in [0.3, 0.4) is 0 Å². The molecule has 0 aliphatic carbocycles. The van der Waals surface area contributed by atoms with E-state index in [1.165, 1.54) is 11.3 Å². The Morgan fingerprint density at radius 3 is 2.67 bits per heavy atom. The van der Waals surface area contributed by atoms with Crippen molar-refractivity contribution in [1.29, 1.82) is 0 Å². The average molecular weight is 511 g/mol. The van der Waals surface area contributed by atoms with Crippen LogP contribution in [0.15, 0.2) is 17.5 Å². The Hall–Kier alpha value is -2.16. The Morgan fingerprint density at radius 2 is 1.97 bits per heavy atom. The van der Waals surface area contributed by atoms with Gasteiger partial charge < -0.3 is 15.5 Å². The van der Waals surface area contributed by atoms with E-state index in [9.17, 15) is 14.4 Å². The zero-order valence-electron chi connectivity index (χ0n) is 19.1. The van der Waals surface area contributed by atoms with Gasteiger partial charge in [-0.2, -0.15) is 0 Å². The number of halogens is 2. The molecule has 10 heteroatoms. The van der Waals surface area contributed by atoms with Gasteiger partial charge in [-0.05, 0) is 58.2 Å². The van der Waals surface area contributed by atoms with Crippen LogP contribution < -0.4 is 10.6 Å². The lowest BCUT2D eigenvalue weighted by Crippen LogP contribution is -2.42. The standard InChI is InChI=1S/C23H28Cl2N4O3S/c1-13-15(24)8-7-14(19(13)25)22(32)29-11-5-6-17(29)21-27-16(12-33-21)20(31)26-10-9-18(30)28-23(2,3)4/h7-8,12,17H,5-6,9-11H2,1-4H3,(H,26,31)(H,28,30)/t17-/m1/s1. The molecule has 1 aliphatic heterocycles. The second-order valence-electron chi connectivity index (χ2n) is 9.07. The van der Waals surface area contributed by atoms with Crippen molar-refractivity contribution in [3.8, 4) is 0 Å². The van der Waals surface area contributed by atoms with E-state index in [1.807, 2.05) is 20.8 Å². The number of likely N-dealkylation sites (tertiary alicyclic amines) is 1. The molecule has 0 spiro atoms. The molecule has 3 rings (SSSR count). The number of amides is 3. The SMILES string of the molecule is Cc1c(Cl)ccc(C(=O)N2CCC[C@@H]2c2nc(C(=O)NCCC(=O)NC(C)(C)C)cs2)c1Cl. The summed E-state index contributed by atoms with van der Waals surface area (Å²) in [7, 11) is 0. The first kappa shape index (κ1) is 25.5. The lowest BCUT2D eigenvalue weighted by Gasteiger charge is -2.24. The van der Waals surface area contributed by atoms with E-state index < -0.39 is 0 Å². The Balaban J connectivity index is 1.64. The maximum absolute atomic E-state index is 13.2. The second-order valence-corrected chi connectivity index (χ2v) is 10.7. The van der Waals surface area contributed by atoms with Gasteiger partial charge in [-0.1, -0.05) is 23.2 Å². The molecule has 0 unspecified atom stereocenters. The average Bonchev–Trinajstić information content (AvgIpc) is 3.39. The maximum atomic E-state index is 13.2. The fourth-order valence-electron chi connectivity index (χ4n) is 3.65. The molecule has 2 aromatic rings. The van der Waals surface area contributed by atoms with Gasteiger partial charge in [-0.25, -0.2) is 4.98 Å². The Kier molecular flexibility index (Phi) is 8.03. The number of nitrogens with one attached hydrogen (secondary N) is 2. The molecule has 7 nitrogen and oxygen atoms in total. The monoisotopic (exact) mass is 510 g/mol. The zero-order valence-corrected chi connectivity index (χ0v) is 21.5. The molecule has 0 bridgehead atoms. The predicted molar refractivity (Wildman–Crippen MR) is 131 cm³/mol. The van der Waals surface area contributed by atoms with Gasteiger partial charge in [0, 0.05) is 35.5 Å². The molecule has 1 atom stereocenters. The number of hydrogen-bond donors (Lipinski definition) is 2. The quantitative estimate of drug-likeness (QED) is 0.585. The number of benzene rings is 1. The molecule has 2 N–H and O–H groups in total. The van der Waals surface area contributed by atoms with Gasteiger partial charge in [0.15, 0.2) is 0 Å². The van der Waals surface area contributed by atoms with Crippen molar-refractivity contribution in [3.05, 3.63) is 49.4 Å². The highest BCUT2D eigenvalue weighted by molar-refractivity contribution is 7.09. The Bertz CT molecular complexity index is 1060. The largest absolute Gasteiger partial charge is 0.351 e. The minimum Gasteiger partial charge on any atom is -0.351 e. The smallest absolute Gasteiger partial charge is 0.270 e. The first-order valence-corrected chi connectivity index (χ1v) is 12.4. The van der Waals surface area contributed by atoms with Gasteiger partial charge in [-0.3, -0.25) is 14.4 Å². The summed E-state index contributed by atoms with van der Waals surface area (Å²) < 4.78 is 0. The molecular formula is C23H28Cl2N4O3S. The molecule has 3 amide bonds. The first-order chi connectivity index (χ1) is 15.5. The molecular weight excluding hydrogens is 483 g/mol. The number of nitrogens with zero attached hydrogens (tertiary/aromatic N) is 2. The number of carbonyl (C=O) groups is 3. The van der Waals surface area contributed by atoms with Crippen molar-refractivity contribution >= 4 is 52.3 Å². The topological polar surface area (TPSA) is 91.4 Å². The Labute approximate surface area is 207 Å². The summed E-state index contributed by atoms with van der Waals surface area (Å²) >= 11 is 13.9. The van der Waals surface area contributed by atoms with Crippen LogP contribution in [0, 0.1) is 6.92 Å². The summed E-state index contributed by atoms with van der Waals surface area (Å²) in [5, 5.41) is 8.84. The maximum Gasteiger partial charge on any atom is 0.270 e. The highest BCUT2D eigenvalue weighted by Gasteiger charge is 2.34. The molecule has 1 aromatic heterocycles. The molecule has 1 fully saturated rings. The summed E-state index contributed by atoms with van der Waals surface area (Å²) in [5.41, 5.74) is 1.05. The third kappa shape index (κ3) is 6.25. The molecule has 1 saturated heterocycles. The van der Waals surface area contributed by atoms with Crippen molar-refractivity contribution in [2.24, 2.45) is 0 Å². The van der Waals surface area contributed by atoms with Gasteiger partial charge in [-0.15, -0.1) is 11.3 Å². The molecule has 0 saturated carbocycles. The number of aromatic nitrogens is 1. The summed E-state index contributed by atoms with van der Waals surface area (Å²) in [6.45, 7) is 8.29. The van der Waals surface area contributed by atoms with Crippen LogP contribution in [0.1, 0.15) is 77.5 Å². The van der Waals surface area contributed by atoms with E-state index in [-0.39, 0.29) is 48.0 Å². The number of hydrogen-bond acceptors (Lipinski definition) is 5. The van der Waals surface area contributed by atoms with E-state index >= 15 is 0 Å². The molecule has 1 aromatic carbocycles. The van der Waals surface area contributed by atoms with E-state index in [4.69, 9.17) is 23.2 Å². The summed E-state index contributed by atoms with van der Waals surface area (Å²) in [5.74, 6) is -0.639. The number of carbonyl (C=O) groups excluding carboxylic acids is 3. The molecule has 0 radical (unpaired) electrons. The number of rotatable bonds is 6. The van der Waals surface area contributed by atoms with Gasteiger partial charge in [0.25, 0.3) is 11.8 Å². The summed E-state index contributed by atoms with van der Waals surface area (Å²) in [6, 6.07) is 3.11. The van der Waals surface area contributed by atoms with Crippen molar-refractivity contribution in [3.63, 3.8) is 0 Å². The predicted octanol–water partition coefficient (Wildman–Crippen LogP) is 4.77. The van der Waals surface area contributed by atoms with E-state index in [2.05, 4.69) is 15.6 Å². The van der Waals surface area contributed by atoms with Crippen molar-refractivity contribution in [1.82, 2.24) is 20.5 Å². The molecule has 1 aliphatic rings. The molecule has 2 heterocycles. The van der Waals surface area contributed by atoms with Crippen LogP contribution in [-0.2, 0) is 4.79 Å². The third-order valence-corrected chi connectivity index (χ3v) is 7.10. The summed E-state index contributed by atoms with van der Waals surface area (Å²) in [4.78, 5) is 43.8. The molecule has 33 heavy (non-hydrogen) atoms. The lowest BCUT2D eigenvalue weighted by molar-refractivity contribution is -0.122. The molecule has 178 valence electrons. The van der Waals surface area contributed by atoms with Crippen LogP contribution in [0.4, 0.5) is 0 Å².